The van der Waals surface area contributed by atoms with Gasteiger partial charge in [-0.25, -0.2) is 13.8 Å². The van der Waals surface area contributed by atoms with Gasteiger partial charge in [0.2, 0.25) is 5.91 Å². The second-order valence-electron chi connectivity index (χ2n) is 5.42. The third-order valence-corrected chi connectivity index (χ3v) is 4.28. The van der Waals surface area contributed by atoms with Gasteiger partial charge in [0.1, 0.15) is 11.2 Å². The van der Waals surface area contributed by atoms with E-state index < -0.39 is 18.9 Å². The Morgan fingerprint density at radius 3 is 2.61 bits per heavy atom. The van der Waals surface area contributed by atoms with Gasteiger partial charge in [0.05, 0.1) is 12.2 Å². The van der Waals surface area contributed by atoms with Crippen molar-refractivity contribution >= 4 is 28.7 Å². The molecular weight excluding hydrogens is 386 g/mol. The van der Waals surface area contributed by atoms with Gasteiger partial charge in [0, 0.05) is 37.8 Å². The Morgan fingerprint density at radius 1 is 1.32 bits per heavy atom. The molecule has 0 unspecified atom stereocenters. The summed E-state index contributed by atoms with van der Waals surface area (Å²) >= 11 is 1.57. The fourth-order valence-corrected chi connectivity index (χ4v) is 2.58. The number of alkyl halides is 2. The first-order chi connectivity index (χ1) is 13.5. The largest absolute Gasteiger partial charge is 0.365 e. The lowest BCUT2D eigenvalue weighted by Crippen LogP contribution is -2.28. The third-order valence-electron chi connectivity index (χ3n) is 3.19. The molecule has 9 heteroatoms. The Morgan fingerprint density at radius 2 is 2.04 bits per heavy atom. The van der Waals surface area contributed by atoms with Gasteiger partial charge in [0.25, 0.3) is 6.43 Å². The first kappa shape index (κ1) is 23.2. The van der Waals surface area contributed by atoms with E-state index in [0.29, 0.717) is 19.1 Å². The molecule has 0 aliphatic carbocycles. The second kappa shape index (κ2) is 13.3. The summed E-state index contributed by atoms with van der Waals surface area (Å²) < 4.78 is 23.0. The lowest BCUT2D eigenvalue weighted by atomic mass is 10.2. The van der Waals surface area contributed by atoms with Crippen LogP contribution < -0.4 is 10.6 Å². The van der Waals surface area contributed by atoms with Crippen molar-refractivity contribution in [2.45, 2.75) is 32.6 Å². The molecule has 0 bridgehead atoms. The van der Waals surface area contributed by atoms with Crippen LogP contribution >= 0.6 is 11.3 Å². The number of pyridine rings is 1. The normalized spacial score (nSPS) is 9.61. The van der Waals surface area contributed by atoms with Gasteiger partial charge >= 0.3 is 0 Å². The molecule has 0 aromatic carbocycles. The molecule has 1 amide bonds. The number of amides is 1. The van der Waals surface area contributed by atoms with Gasteiger partial charge < -0.3 is 15.4 Å². The SMILES string of the molecule is CNc1nc(C)c(C#Cc2ccncc2)s1.O=CCCCC(=O)NCC(F)F. The average Bonchev–Trinajstić information content (AvgIpc) is 3.06. The van der Waals surface area contributed by atoms with Gasteiger partial charge in [0.15, 0.2) is 5.13 Å². The van der Waals surface area contributed by atoms with Crippen molar-refractivity contribution in [2.75, 3.05) is 18.9 Å². The van der Waals surface area contributed by atoms with Gasteiger partial charge in [-0.2, -0.15) is 0 Å². The zero-order chi connectivity index (χ0) is 20.8. The topological polar surface area (TPSA) is 84.0 Å². The van der Waals surface area contributed by atoms with E-state index in [1.807, 2.05) is 31.4 Å². The van der Waals surface area contributed by atoms with Crippen LogP contribution in [-0.2, 0) is 9.59 Å². The number of hydrogen-bond acceptors (Lipinski definition) is 6. The van der Waals surface area contributed by atoms with Crippen LogP contribution in [0.2, 0.25) is 0 Å². The number of unbranched alkanes of at least 4 members (excludes halogenated alkanes) is 1. The zero-order valence-electron chi connectivity index (χ0n) is 15.7. The van der Waals surface area contributed by atoms with E-state index in [-0.39, 0.29) is 6.42 Å². The Hall–Kier alpha value is -2.86. The van der Waals surface area contributed by atoms with E-state index in [0.717, 1.165) is 21.3 Å². The quantitative estimate of drug-likeness (QED) is 0.418. The molecule has 2 heterocycles. The number of anilines is 1. The Bertz CT molecular complexity index is 801. The number of halogens is 2. The fraction of sp³-hybridized carbons (Fsp3) is 0.368. The highest BCUT2D eigenvalue weighted by atomic mass is 32.1. The monoisotopic (exact) mass is 408 g/mol. The number of carbonyl (C=O) groups is 2. The lowest BCUT2D eigenvalue weighted by molar-refractivity contribution is -0.121. The molecule has 2 aromatic heterocycles. The summed E-state index contributed by atoms with van der Waals surface area (Å²) in [5.74, 6) is 5.78. The minimum Gasteiger partial charge on any atom is -0.365 e. The summed E-state index contributed by atoms with van der Waals surface area (Å²) in [5, 5.41) is 5.95. The molecule has 0 aliphatic heterocycles. The Labute approximate surface area is 166 Å². The number of hydrogen-bond donors (Lipinski definition) is 2. The van der Waals surface area contributed by atoms with Gasteiger partial charge in [-0.1, -0.05) is 17.3 Å². The van der Waals surface area contributed by atoms with E-state index in [2.05, 4.69) is 27.1 Å². The van der Waals surface area contributed by atoms with Gasteiger partial charge in [-0.05, 0) is 31.4 Å². The number of nitrogens with one attached hydrogen (secondary N) is 2. The van der Waals surface area contributed by atoms with E-state index in [9.17, 15) is 18.4 Å². The predicted molar refractivity (Wildman–Crippen MR) is 106 cm³/mol. The number of aromatic nitrogens is 2. The number of aryl methyl sites for hydroxylation is 1. The van der Waals surface area contributed by atoms with Crippen molar-refractivity contribution in [3.05, 3.63) is 40.7 Å². The molecule has 0 saturated heterocycles. The van der Waals surface area contributed by atoms with Crippen molar-refractivity contribution in [1.29, 1.82) is 0 Å². The minimum atomic E-state index is -2.51. The number of carbonyl (C=O) groups excluding carboxylic acids is 2. The molecule has 2 rings (SSSR count). The van der Waals surface area contributed by atoms with Crippen molar-refractivity contribution in [3.63, 3.8) is 0 Å². The molecule has 0 aliphatic rings. The van der Waals surface area contributed by atoms with Crippen LogP contribution in [0.25, 0.3) is 0 Å². The molecule has 2 aromatic rings. The average molecular weight is 408 g/mol. The summed E-state index contributed by atoms with van der Waals surface area (Å²) in [6.07, 6.45) is 2.50. The van der Waals surface area contributed by atoms with Crippen LogP contribution in [0.5, 0.6) is 0 Å². The fourth-order valence-electron chi connectivity index (χ4n) is 1.81. The number of nitrogens with zero attached hydrogens (tertiary/aromatic N) is 2. The smallest absolute Gasteiger partial charge is 0.255 e. The molecule has 0 fully saturated rings. The predicted octanol–water partition coefficient (Wildman–Crippen LogP) is 3.02. The highest BCUT2D eigenvalue weighted by molar-refractivity contribution is 7.16. The first-order valence-electron chi connectivity index (χ1n) is 8.52. The lowest BCUT2D eigenvalue weighted by Gasteiger charge is -2.02. The number of aldehydes is 1. The van der Waals surface area contributed by atoms with Gasteiger partial charge in [-0.3, -0.25) is 9.78 Å². The molecule has 6 nitrogen and oxygen atoms in total. The molecule has 150 valence electrons. The maximum atomic E-state index is 11.5. The summed E-state index contributed by atoms with van der Waals surface area (Å²) in [6.45, 7) is 1.35. The second-order valence-corrected chi connectivity index (χ2v) is 6.42. The van der Waals surface area contributed by atoms with Crippen molar-refractivity contribution in [2.24, 2.45) is 0 Å². The molecular formula is C19H22F2N4O2S. The van der Waals surface area contributed by atoms with E-state index in [1.165, 1.54) is 0 Å². The van der Waals surface area contributed by atoms with E-state index in [1.54, 1.807) is 23.7 Å². The maximum absolute atomic E-state index is 11.5. The van der Waals surface area contributed by atoms with Crippen molar-refractivity contribution in [3.8, 4) is 11.8 Å². The maximum Gasteiger partial charge on any atom is 0.255 e. The van der Waals surface area contributed by atoms with E-state index in [4.69, 9.17) is 0 Å². The van der Waals surface area contributed by atoms with Crippen LogP contribution in [0.4, 0.5) is 13.9 Å². The van der Waals surface area contributed by atoms with Crippen molar-refractivity contribution < 1.29 is 18.4 Å². The standard InChI is InChI=1S/C12H11N3S.C7H11F2NO2/c1-9-11(16-12(13-2)15-9)4-3-10-5-7-14-8-6-10;8-6(9)5-10-7(12)3-1-2-4-11/h5-8H,1-2H3,(H,13,15);4,6H,1-3,5H2,(H,10,12). The molecule has 0 spiro atoms. The summed E-state index contributed by atoms with van der Waals surface area (Å²) in [4.78, 5) is 29.7. The summed E-state index contributed by atoms with van der Waals surface area (Å²) in [5.41, 5.74) is 1.93. The van der Waals surface area contributed by atoms with Crippen molar-refractivity contribution in [1.82, 2.24) is 15.3 Å². The highest BCUT2D eigenvalue weighted by Crippen LogP contribution is 2.20. The van der Waals surface area contributed by atoms with Crippen LogP contribution in [0, 0.1) is 18.8 Å². The molecule has 0 radical (unpaired) electrons. The highest BCUT2D eigenvalue weighted by Gasteiger charge is 2.05. The Kier molecular flexibility index (Phi) is 11.0. The number of thiazole rings is 1. The third kappa shape index (κ3) is 9.73. The van der Waals surface area contributed by atoms with Crippen LogP contribution in [0.3, 0.4) is 0 Å². The molecule has 2 N–H and O–H groups in total. The van der Waals surface area contributed by atoms with Crippen LogP contribution in [0.15, 0.2) is 24.5 Å². The van der Waals surface area contributed by atoms with Crippen LogP contribution in [0.1, 0.15) is 35.4 Å². The number of rotatable bonds is 7. The molecule has 28 heavy (non-hydrogen) atoms. The summed E-state index contributed by atoms with van der Waals surface area (Å²) in [6, 6.07) is 3.78. The zero-order valence-corrected chi connectivity index (χ0v) is 16.5. The summed E-state index contributed by atoms with van der Waals surface area (Å²) in [7, 11) is 1.86. The van der Waals surface area contributed by atoms with E-state index >= 15 is 0 Å². The van der Waals surface area contributed by atoms with Crippen LogP contribution in [-0.4, -0.2) is 42.2 Å². The molecule has 0 atom stereocenters. The molecule has 0 saturated carbocycles. The van der Waals surface area contributed by atoms with Gasteiger partial charge in [-0.15, -0.1) is 0 Å². The first-order valence-corrected chi connectivity index (χ1v) is 9.33. The minimum absolute atomic E-state index is 0.130. The Balaban J connectivity index is 0.000000295.